The maximum Gasteiger partial charge on any atom is 0.282 e. The van der Waals surface area contributed by atoms with Crippen LogP contribution in [0.1, 0.15) is 28.2 Å². The maximum absolute atomic E-state index is 12.5. The number of nitrogens with zero attached hydrogens (tertiary/aromatic N) is 4. The number of aromatic nitrogens is 1. The Morgan fingerprint density at radius 2 is 2.14 bits per heavy atom. The van der Waals surface area contributed by atoms with E-state index in [1.165, 1.54) is 33.6 Å². The Hall–Kier alpha value is -2.91. The van der Waals surface area contributed by atoms with Gasteiger partial charge in [0, 0.05) is 52.6 Å². The molecule has 0 unspecified atom stereocenters. The Labute approximate surface area is 174 Å². The summed E-state index contributed by atoms with van der Waals surface area (Å²) in [7, 11) is 3.43. The van der Waals surface area contributed by atoms with Gasteiger partial charge >= 0.3 is 0 Å². The summed E-state index contributed by atoms with van der Waals surface area (Å²) in [6.45, 7) is 1.66. The lowest BCUT2D eigenvalue weighted by atomic mass is 10.0. The van der Waals surface area contributed by atoms with Crippen molar-refractivity contribution in [3.63, 3.8) is 0 Å². The summed E-state index contributed by atoms with van der Waals surface area (Å²) in [5, 5.41) is 1.89. The zero-order valence-electron chi connectivity index (χ0n) is 16.7. The minimum atomic E-state index is -0.0974. The second kappa shape index (κ2) is 9.06. The van der Waals surface area contributed by atoms with E-state index in [1.807, 2.05) is 23.1 Å². The number of hydrogen-bond acceptors (Lipinski definition) is 7. The molecule has 8 nitrogen and oxygen atoms in total. The van der Waals surface area contributed by atoms with Crippen LogP contribution in [0.5, 0.6) is 0 Å². The number of nitrogens with two attached hydrogens (primary N) is 2. The first kappa shape index (κ1) is 20.8. The number of thiazole rings is 1. The lowest BCUT2D eigenvalue weighted by molar-refractivity contribution is -0.130. The van der Waals surface area contributed by atoms with Crippen LogP contribution in [0.3, 0.4) is 0 Å². The van der Waals surface area contributed by atoms with E-state index in [9.17, 15) is 9.59 Å². The third kappa shape index (κ3) is 4.93. The van der Waals surface area contributed by atoms with Gasteiger partial charge in [0.05, 0.1) is 10.2 Å². The Morgan fingerprint density at radius 3 is 2.86 bits per heavy atom. The second-order valence-electron chi connectivity index (χ2n) is 7.06. The van der Waals surface area contributed by atoms with Gasteiger partial charge in [-0.1, -0.05) is 12.1 Å². The SMILES string of the molecule is CN(C)C(=O)c1nc2cc(C3=CCCN(C(=O)CCN(N)/C=C\N)C3)ccc2s1. The first-order valence-electron chi connectivity index (χ1n) is 9.38. The predicted octanol–water partition coefficient (Wildman–Crippen LogP) is 1.61. The van der Waals surface area contributed by atoms with E-state index in [4.69, 9.17) is 11.6 Å². The van der Waals surface area contributed by atoms with E-state index in [2.05, 4.69) is 11.1 Å². The third-order valence-corrected chi connectivity index (χ3v) is 5.74. The van der Waals surface area contributed by atoms with Crippen molar-refractivity contribution in [2.45, 2.75) is 12.8 Å². The molecule has 1 aliphatic rings. The molecule has 3 rings (SSSR count). The van der Waals surface area contributed by atoms with Crippen LogP contribution < -0.4 is 11.6 Å². The largest absolute Gasteiger partial charge is 0.403 e. The van der Waals surface area contributed by atoms with Crippen molar-refractivity contribution in [2.75, 3.05) is 33.7 Å². The highest BCUT2D eigenvalue weighted by atomic mass is 32.1. The number of fused-ring (bicyclic) bond motifs is 1. The van der Waals surface area contributed by atoms with Gasteiger partial charge in [0.1, 0.15) is 0 Å². The number of amides is 2. The molecule has 0 spiro atoms. The number of hydrogen-bond donors (Lipinski definition) is 2. The molecule has 29 heavy (non-hydrogen) atoms. The predicted molar refractivity (Wildman–Crippen MR) is 116 cm³/mol. The van der Waals surface area contributed by atoms with Crippen LogP contribution in [-0.4, -0.2) is 65.3 Å². The monoisotopic (exact) mass is 414 g/mol. The minimum absolute atomic E-state index is 0.0603. The molecule has 2 amide bonds. The average Bonchev–Trinajstić information content (AvgIpc) is 3.15. The average molecular weight is 415 g/mol. The zero-order chi connectivity index (χ0) is 21.0. The molecule has 0 saturated carbocycles. The molecule has 0 fully saturated rings. The van der Waals surface area contributed by atoms with E-state index in [0.29, 0.717) is 31.1 Å². The van der Waals surface area contributed by atoms with Gasteiger partial charge in [0.25, 0.3) is 5.91 Å². The van der Waals surface area contributed by atoms with E-state index >= 15 is 0 Å². The van der Waals surface area contributed by atoms with Gasteiger partial charge in [0.15, 0.2) is 5.01 Å². The summed E-state index contributed by atoms with van der Waals surface area (Å²) >= 11 is 1.39. The van der Waals surface area contributed by atoms with Crippen LogP contribution >= 0.6 is 11.3 Å². The molecule has 1 aromatic carbocycles. The topological polar surface area (TPSA) is 109 Å². The lowest BCUT2D eigenvalue weighted by Gasteiger charge is -2.28. The number of rotatable bonds is 6. The molecule has 0 bridgehead atoms. The van der Waals surface area contributed by atoms with Crippen molar-refractivity contribution in [3.8, 4) is 0 Å². The lowest BCUT2D eigenvalue weighted by Crippen LogP contribution is -2.38. The molecule has 1 aromatic heterocycles. The molecule has 4 N–H and O–H groups in total. The molecule has 2 heterocycles. The van der Waals surface area contributed by atoms with Crippen molar-refractivity contribution < 1.29 is 9.59 Å². The Morgan fingerprint density at radius 1 is 1.34 bits per heavy atom. The standard InChI is InChI=1S/C20H26N6O2S/c1-24(2)20(28)19-23-16-12-14(5-6-17(16)29-19)15-4-3-9-25(13-15)18(27)7-10-26(22)11-8-21/h4-6,8,11-12H,3,7,9-10,13,21-22H2,1-2H3/b11-8-. The highest BCUT2D eigenvalue weighted by molar-refractivity contribution is 7.20. The smallest absolute Gasteiger partial charge is 0.282 e. The summed E-state index contributed by atoms with van der Waals surface area (Å²) < 4.78 is 0.972. The zero-order valence-corrected chi connectivity index (χ0v) is 17.5. The van der Waals surface area contributed by atoms with E-state index < -0.39 is 0 Å². The third-order valence-electron chi connectivity index (χ3n) is 4.71. The molecule has 1 aliphatic heterocycles. The fourth-order valence-electron chi connectivity index (χ4n) is 3.14. The van der Waals surface area contributed by atoms with Gasteiger partial charge in [-0.25, -0.2) is 10.8 Å². The fourth-order valence-corrected chi connectivity index (χ4v) is 4.11. The fraction of sp³-hybridized carbons (Fsp3) is 0.350. The van der Waals surface area contributed by atoms with E-state index in [0.717, 1.165) is 27.8 Å². The first-order valence-corrected chi connectivity index (χ1v) is 10.2. The molecular formula is C20H26N6O2S. The second-order valence-corrected chi connectivity index (χ2v) is 8.09. The van der Waals surface area contributed by atoms with Crippen LogP contribution in [0.4, 0.5) is 0 Å². The van der Waals surface area contributed by atoms with Gasteiger partial charge in [-0.05, 0) is 29.7 Å². The van der Waals surface area contributed by atoms with Gasteiger partial charge < -0.3 is 20.5 Å². The Bertz CT molecular complexity index is 965. The van der Waals surface area contributed by atoms with Crippen LogP contribution in [0.25, 0.3) is 15.8 Å². The highest BCUT2D eigenvalue weighted by Crippen LogP contribution is 2.28. The van der Waals surface area contributed by atoms with Crippen molar-refractivity contribution in [3.05, 3.63) is 47.2 Å². The molecule has 0 saturated heterocycles. The van der Waals surface area contributed by atoms with Crippen LogP contribution in [0, 0.1) is 0 Å². The van der Waals surface area contributed by atoms with Crippen molar-refractivity contribution in [2.24, 2.45) is 11.6 Å². The first-order chi connectivity index (χ1) is 13.9. The summed E-state index contributed by atoms with van der Waals surface area (Å²) in [5.74, 6) is 5.69. The molecule has 0 atom stereocenters. The molecule has 0 aliphatic carbocycles. The van der Waals surface area contributed by atoms with Crippen LogP contribution in [-0.2, 0) is 4.79 Å². The van der Waals surface area contributed by atoms with E-state index in [-0.39, 0.29) is 11.8 Å². The molecule has 9 heteroatoms. The summed E-state index contributed by atoms with van der Waals surface area (Å²) in [6.07, 6.45) is 6.17. The molecular weight excluding hydrogens is 388 g/mol. The van der Waals surface area contributed by atoms with Gasteiger partial charge in [0.2, 0.25) is 5.91 Å². The number of carbonyl (C=O) groups excluding carboxylic acids is 2. The summed E-state index contributed by atoms with van der Waals surface area (Å²) in [4.78, 5) is 32.6. The molecule has 2 aromatic rings. The summed E-state index contributed by atoms with van der Waals surface area (Å²) in [6, 6.07) is 6.01. The number of hydrazine groups is 1. The number of benzene rings is 1. The van der Waals surface area contributed by atoms with Gasteiger partial charge in [-0.2, -0.15) is 0 Å². The van der Waals surface area contributed by atoms with E-state index in [1.54, 1.807) is 14.1 Å². The Kier molecular flexibility index (Phi) is 6.50. The minimum Gasteiger partial charge on any atom is -0.403 e. The highest BCUT2D eigenvalue weighted by Gasteiger charge is 2.20. The van der Waals surface area contributed by atoms with Crippen molar-refractivity contribution >= 4 is 38.9 Å². The van der Waals surface area contributed by atoms with Crippen molar-refractivity contribution in [1.82, 2.24) is 19.8 Å². The van der Waals surface area contributed by atoms with Crippen LogP contribution in [0.15, 0.2) is 36.7 Å². The quantitative estimate of drug-likeness (QED) is 0.549. The molecule has 0 radical (unpaired) electrons. The van der Waals surface area contributed by atoms with Crippen molar-refractivity contribution in [1.29, 1.82) is 0 Å². The van der Waals surface area contributed by atoms with Crippen LogP contribution in [0.2, 0.25) is 0 Å². The molecule has 154 valence electrons. The maximum atomic E-state index is 12.5. The van der Waals surface area contributed by atoms with Gasteiger partial charge in [-0.15, -0.1) is 11.3 Å². The normalized spacial score (nSPS) is 14.3. The van der Waals surface area contributed by atoms with Gasteiger partial charge in [-0.3, -0.25) is 9.59 Å². The Balaban J connectivity index is 1.71. The summed E-state index contributed by atoms with van der Waals surface area (Å²) in [5.41, 5.74) is 8.22. The number of carbonyl (C=O) groups is 2.